The number of rotatable bonds is 11. The van der Waals surface area contributed by atoms with Crippen molar-refractivity contribution < 1.29 is 37.0 Å². The lowest BCUT2D eigenvalue weighted by Gasteiger charge is -2.35. The van der Waals surface area contributed by atoms with Gasteiger partial charge in [0.05, 0.1) is 25.3 Å². The van der Waals surface area contributed by atoms with Crippen molar-refractivity contribution in [3.8, 4) is 23.0 Å². The Morgan fingerprint density at radius 3 is 2.25 bits per heavy atom. The van der Waals surface area contributed by atoms with E-state index in [1.165, 1.54) is 58.7 Å². The highest BCUT2D eigenvalue weighted by atomic mass is 19.4. The molecule has 6 rings (SSSR count). The van der Waals surface area contributed by atoms with Gasteiger partial charge in [-0.1, -0.05) is 12.5 Å². The number of likely N-dealkylation sites (tertiary alicyclic amines) is 1. The SMILES string of the molecule is CNC1CCN(c2ccc(NC(=O)Nc3cccc(Oc4ccnc5cc(OC)c(OC)cc45)c3)cc2C(F)(F)F)CC1.O=CCCN1CCCCC1. The third-order valence-electron chi connectivity index (χ3n) is 9.34. The van der Waals surface area contributed by atoms with Gasteiger partial charge < -0.3 is 44.8 Å². The van der Waals surface area contributed by atoms with Crippen LogP contribution in [0.3, 0.4) is 0 Å². The number of methoxy groups -OCH3 is 2. The lowest BCUT2D eigenvalue weighted by Crippen LogP contribution is -2.41. The number of pyridine rings is 1. The number of alkyl halides is 3. The van der Waals surface area contributed by atoms with E-state index in [1.807, 2.05) is 7.05 Å². The third-order valence-corrected chi connectivity index (χ3v) is 9.34. The van der Waals surface area contributed by atoms with Gasteiger partial charge >= 0.3 is 12.2 Å². The summed E-state index contributed by atoms with van der Waals surface area (Å²) >= 11 is 0. The molecule has 0 aliphatic carbocycles. The number of carbonyl (C=O) groups is 2. The summed E-state index contributed by atoms with van der Waals surface area (Å²) in [6.45, 7) is 4.40. The second kappa shape index (κ2) is 18.6. The van der Waals surface area contributed by atoms with Crippen LogP contribution in [0.5, 0.6) is 23.0 Å². The monoisotopic (exact) mass is 736 g/mol. The van der Waals surface area contributed by atoms with Gasteiger partial charge in [-0.25, -0.2) is 4.79 Å². The molecule has 3 heterocycles. The molecule has 2 aliphatic rings. The maximum Gasteiger partial charge on any atom is 0.418 e. The number of ether oxygens (including phenoxy) is 3. The quantitative estimate of drug-likeness (QED) is 0.132. The highest BCUT2D eigenvalue weighted by Gasteiger charge is 2.36. The highest BCUT2D eigenvalue weighted by molar-refractivity contribution is 6.00. The predicted molar refractivity (Wildman–Crippen MR) is 201 cm³/mol. The molecule has 2 aliphatic heterocycles. The number of benzene rings is 3. The number of aromatic nitrogens is 1. The van der Waals surface area contributed by atoms with E-state index in [4.69, 9.17) is 14.2 Å². The first-order valence-electron chi connectivity index (χ1n) is 17.8. The minimum Gasteiger partial charge on any atom is -0.493 e. The van der Waals surface area contributed by atoms with Gasteiger partial charge in [0.15, 0.2) is 11.5 Å². The molecule has 0 unspecified atom stereocenters. The van der Waals surface area contributed by atoms with Crippen LogP contribution in [-0.4, -0.2) is 82.2 Å². The summed E-state index contributed by atoms with van der Waals surface area (Å²) in [6.07, 6.45) is 4.24. The second-order valence-electron chi connectivity index (χ2n) is 12.9. The van der Waals surface area contributed by atoms with E-state index in [1.54, 1.807) is 53.6 Å². The normalized spacial score (nSPS) is 15.2. The smallest absolute Gasteiger partial charge is 0.418 e. The van der Waals surface area contributed by atoms with Gasteiger partial charge in [-0.3, -0.25) is 4.98 Å². The number of amides is 2. The highest BCUT2D eigenvalue weighted by Crippen LogP contribution is 2.40. The maximum absolute atomic E-state index is 14.0. The van der Waals surface area contributed by atoms with Crippen LogP contribution in [0.25, 0.3) is 10.9 Å². The van der Waals surface area contributed by atoms with Crippen LogP contribution in [0.1, 0.15) is 44.1 Å². The zero-order chi connectivity index (χ0) is 37.8. The number of hydrogen-bond donors (Lipinski definition) is 3. The van der Waals surface area contributed by atoms with Gasteiger partial charge in [-0.15, -0.1) is 0 Å². The van der Waals surface area contributed by atoms with Crippen LogP contribution in [0.15, 0.2) is 66.9 Å². The summed E-state index contributed by atoms with van der Waals surface area (Å²) in [5, 5.41) is 9.04. The number of anilines is 3. The molecule has 0 spiro atoms. The average molecular weight is 737 g/mol. The minimum atomic E-state index is -4.58. The lowest BCUT2D eigenvalue weighted by molar-refractivity contribution is -0.137. The van der Waals surface area contributed by atoms with Gasteiger partial charge in [0.25, 0.3) is 0 Å². The molecule has 3 N–H and O–H groups in total. The lowest BCUT2D eigenvalue weighted by atomic mass is 10.0. The molecular formula is C39H47F3N6O5. The molecular weight excluding hydrogens is 689 g/mol. The van der Waals surface area contributed by atoms with Gasteiger partial charge in [0.1, 0.15) is 17.8 Å². The number of hydrogen-bond acceptors (Lipinski definition) is 9. The number of urea groups is 1. The molecule has 2 fully saturated rings. The fourth-order valence-corrected chi connectivity index (χ4v) is 6.54. The molecule has 2 saturated heterocycles. The Labute approximate surface area is 307 Å². The van der Waals surface area contributed by atoms with E-state index in [-0.39, 0.29) is 17.4 Å². The summed E-state index contributed by atoms with van der Waals surface area (Å²) in [6, 6.07) is 15.3. The summed E-state index contributed by atoms with van der Waals surface area (Å²) in [7, 11) is 4.93. The first kappa shape index (κ1) is 39.1. The fraction of sp³-hybridized carbons (Fsp3) is 0.410. The minimum absolute atomic E-state index is 0.0266. The van der Waals surface area contributed by atoms with Crippen molar-refractivity contribution in [3.63, 3.8) is 0 Å². The largest absolute Gasteiger partial charge is 0.493 e. The van der Waals surface area contributed by atoms with Crippen molar-refractivity contribution in [1.29, 1.82) is 0 Å². The third kappa shape index (κ3) is 10.7. The maximum atomic E-state index is 14.0. The van der Waals surface area contributed by atoms with Crippen LogP contribution in [0.4, 0.5) is 35.0 Å². The van der Waals surface area contributed by atoms with E-state index in [0.29, 0.717) is 59.1 Å². The van der Waals surface area contributed by atoms with Crippen molar-refractivity contribution in [2.45, 2.75) is 50.7 Å². The first-order valence-corrected chi connectivity index (χ1v) is 17.8. The number of halogens is 3. The zero-order valence-corrected chi connectivity index (χ0v) is 30.3. The molecule has 284 valence electrons. The zero-order valence-electron chi connectivity index (χ0n) is 30.3. The van der Waals surface area contributed by atoms with E-state index < -0.39 is 17.8 Å². The van der Waals surface area contributed by atoms with Gasteiger partial charge in [0.2, 0.25) is 0 Å². The van der Waals surface area contributed by atoms with Crippen LogP contribution < -0.4 is 35.1 Å². The van der Waals surface area contributed by atoms with Gasteiger partial charge in [-0.05, 0) is 88.3 Å². The van der Waals surface area contributed by atoms with Crippen LogP contribution in [-0.2, 0) is 11.0 Å². The Morgan fingerprint density at radius 1 is 0.887 bits per heavy atom. The van der Waals surface area contributed by atoms with Crippen LogP contribution in [0, 0.1) is 0 Å². The van der Waals surface area contributed by atoms with Crippen molar-refractivity contribution in [2.24, 2.45) is 0 Å². The number of carbonyl (C=O) groups excluding carboxylic acids is 2. The molecule has 0 atom stereocenters. The standard InChI is InChI=1S/C31H32F3N5O4.C8H15NO/c1-35-19-10-13-39(14-11-19)26-8-7-21(16-24(26)31(32,33)34)38-30(40)37-20-5-4-6-22(15-20)43-27-9-12-36-25-18-29(42-3)28(41-2)17-23(25)27;10-8-4-7-9-5-2-1-3-6-9/h4-9,12,15-19,35H,10-11,13-14H2,1-3H3,(H2,37,38,40);8H,1-7H2. The topological polar surface area (TPSA) is 117 Å². The molecule has 0 bridgehead atoms. The predicted octanol–water partition coefficient (Wildman–Crippen LogP) is 7.96. The van der Waals surface area contributed by atoms with Crippen LogP contribution in [0.2, 0.25) is 0 Å². The van der Waals surface area contributed by atoms with E-state index in [9.17, 15) is 22.8 Å². The Kier molecular flexibility index (Phi) is 13.7. The van der Waals surface area contributed by atoms with Gasteiger partial charge in [0, 0.05) is 72.9 Å². The number of nitrogens with zero attached hydrogens (tertiary/aromatic N) is 3. The number of nitrogens with one attached hydrogen (secondary N) is 3. The first-order chi connectivity index (χ1) is 25.6. The Balaban J connectivity index is 0.000000469. The number of piperidine rings is 2. The summed E-state index contributed by atoms with van der Waals surface area (Å²) in [5.41, 5.74) is 0.363. The van der Waals surface area contributed by atoms with Gasteiger partial charge in [-0.2, -0.15) is 13.2 Å². The molecule has 3 aromatic carbocycles. The molecule has 0 saturated carbocycles. The fourth-order valence-electron chi connectivity index (χ4n) is 6.54. The van der Waals surface area contributed by atoms with Crippen molar-refractivity contribution in [3.05, 3.63) is 72.4 Å². The van der Waals surface area contributed by atoms with Crippen molar-refractivity contribution in [2.75, 3.05) is 69.5 Å². The van der Waals surface area contributed by atoms with E-state index >= 15 is 0 Å². The summed E-state index contributed by atoms with van der Waals surface area (Å²) in [5.74, 6) is 1.97. The molecule has 53 heavy (non-hydrogen) atoms. The molecule has 4 aromatic rings. The van der Waals surface area contributed by atoms with Crippen molar-refractivity contribution in [1.82, 2.24) is 15.2 Å². The Morgan fingerprint density at radius 2 is 1.58 bits per heavy atom. The summed E-state index contributed by atoms with van der Waals surface area (Å²) in [4.78, 5) is 31.3. The number of aldehydes is 1. The molecule has 11 nitrogen and oxygen atoms in total. The van der Waals surface area contributed by atoms with E-state index in [0.717, 1.165) is 31.7 Å². The van der Waals surface area contributed by atoms with E-state index in [2.05, 4.69) is 25.8 Å². The molecule has 0 radical (unpaired) electrons. The van der Waals surface area contributed by atoms with Crippen LogP contribution >= 0.6 is 0 Å². The average Bonchev–Trinajstić information content (AvgIpc) is 3.17. The molecule has 14 heteroatoms. The van der Waals surface area contributed by atoms with Crippen molar-refractivity contribution >= 4 is 40.3 Å². The molecule has 1 aromatic heterocycles. The Bertz CT molecular complexity index is 1830. The summed E-state index contributed by atoms with van der Waals surface area (Å²) < 4.78 is 58.9. The Hall–Kier alpha value is -5.08. The second-order valence-corrected chi connectivity index (χ2v) is 12.9. The molecule has 2 amide bonds. The number of fused-ring (bicyclic) bond motifs is 1.